The number of rotatable bonds is 4. The van der Waals surface area contributed by atoms with Gasteiger partial charge in [-0.25, -0.2) is 0 Å². The number of aliphatic hydroxyl groups is 4. The third-order valence-electron chi connectivity index (χ3n) is 4.22. The summed E-state index contributed by atoms with van der Waals surface area (Å²) >= 11 is 0. The first-order valence-electron chi connectivity index (χ1n) is 7.76. The quantitative estimate of drug-likeness (QED) is 0.638. The standard InChI is InChI=1S/C17H26O6/c1-16(2,3)17(11-7-5-4-6-8-11)22-13(10-19)14(21)15(23-17)12(20)9-18/h4-8,12-15,18-21H,9-10H2,1-3H3/t12-,13+,14-,15-,17?/m1/s1. The molecule has 0 radical (unpaired) electrons. The van der Waals surface area contributed by atoms with Crippen molar-refractivity contribution >= 4 is 0 Å². The molecular formula is C17H26O6. The van der Waals surface area contributed by atoms with E-state index >= 15 is 0 Å². The van der Waals surface area contributed by atoms with Crippen molar-refractivity contribution in [1.29, 1.82) is 0 Å². The van der Waals surface area contributed by atoms with Crippen molar-refractivity contribution in [3.05, 3.63) is 35.9 Å². The van der Waals surface area contributed by atoms with Crippen molar-refractivity contribution in [3.8, 4) is 0 Å². The smallest absolute Gasteiger partial charge is 0.200 e. The fourth-order valence-electron chi connectivity index (χ4n) is 2.92. The molecule has 5 atom stereocenters. The van der Waals surface area contributed by atoms with E-state index in [1.54, 1.807) is 0 Å². The minimum absolute atomic E-state index is 0.427. The normalized spacial score (nSPS) is 33.4. The number of benzene rings is 1. The Hall–Kier alpha value is -1.02. The summed E-state index contributed by atoms with van der Waals surface area (Å²) in [6.07, 6.45) is -4.55. The zero-order valence-electron chi connectivity index (χ0n) is 13.7. The molecule has 1 fully saturated rings. The summed E-state index contributed by atoms with van der Waals surface area (Å²) in [5.41, 5.74) is 0.156. The maximum atomic E-state index is 10.3. The van der Waals surface area contributed by atoms with E-state index in [9.17, 15) is 20.4 Å². The Morgan fingerprint density at radius 3 is 2.22 bits per heavy atom. The van der Waals surface area contributed by atoms with Crippen LogP contribution in [-0.4, -0.2) is 58.1 Å². The highest BCUT2D eigenvalue weighted by molar-refractivity contribution is 5.24. The van der Waals surface area contributed by atoms with Gasteiger partial charge in [-0.1, -0.05) is 51.1 Å². The van der Waals surface area contributed by atoms with Gasteiger partial charge < -0.3 is 29.9 Å². The van der Waals surface area contributed by atoms with E-state index in [0.717, 1.165) is 0 Å². The minimum Gasteiger partial charge on any atom is -0.394 e. The minimum atomic E-state index is -1.28. The predicted molar refractivity (Wildman–Crippen MR) is 83.5 cm³/mol. The summed E-state index contributed by atoms with van der Waals surface area (Å²) in [5.74, 6) is -1.28. The van der Waals surface area contributed by atoms with Crippen LogP contribution in [0.1, 0.15) is 26.3 Å². The van der Waals surface area contributed by atoms with E-state index in [2.05, 4.69) is 0 Å². The maximum Gasteiger partial charge on any atom is 0.200 e. The van der Waals surface area contributed by atoms with Gasteiger partial charge in [-0.3, -0.25) is 0 Å². The van der Waals surface area contributed by atoms with Crippen molar-refractivity contribution in [1.82, 2.24) is 0 Å². The Kier molecular flexibility index (Phi) is 5.45. The molecule has 1 aromatic carbocycles. The first-order chi connectivity index (χ1) is 10.8. The van der Waals surface area contributed by atoms with Crippen molar-refractivity contribution in [3.63, 3.8) is 0 Å². The van der Waals surface area contributed by atoms with Gasteiger partial charge in [-0.05, 0) is 0 Å². The third kappa shape index (κ3) is 3.28. The van der Waals surface area contributed by atoms with Crippen LogP contribution in [0, 0.1) is 5.41 Å². The first kappa shape index (κ1) is 18.3. The van der Waals surface area contributed by atoms with Crippen LogP contribution in [0.5, 0.6) is 0 Å². The second-order valence-corrected chi connectivity index (χ2v) is 6.89. The van der Waals surface area contributed by atoms with E-state index in [1.807, 2.05) is 51.1 Å². The molecule has 1 aliphatic heterocycles. The highest BCUT2D eigenvalue weighted by atomic mass is 16.7. The summed E-state index contributed by atoms with van der Waals surface area (Å²) < 4.78 is 12.0. The van der Waals surface area contributed by atoms with Crippen LogP contribution >= 0.6 is 0 Å². The highest BCUT2D eigenvalue weighted by Gasteiger charge is 2.56. The van der Waals surface area contributed by atoms with Gasteiger partial charge in [0.25, 0.3) is 0 Å². The largest absolute Gasteiger partial charge is 0.394 e. The number of hydrogen-bond acceptors (Lipinski definition) is 6. The van der Waals surface area contributed by atoms with E-state index in [0.29, 0.717) is 5.56 Å². The fourth-order valence-corrected chi connectivity index (χ4v) is 2.92. The van der Waals surface area contributed by atoms with Crippen LogP contribution in [0.25, 0.3) is 0 Å². The Labute approximate surface area is 136 Å². The Balaban J connectivity index is 2.53. The fraction of sp³-hybridized carbons (Fsp3) is 0.647. The average molecular weight is 326 g/mol. The molecule has 1 heterocycles. The summed E-state index contributed by atoms with van der Waals surface area (Å²) in [4.78, 5) is 0. The van der Waals surface area contributed by atoms with Crippen LogP contribution in [-0.2, 0) is 15.3 Å². The lowest BCUT2D eigenvalue weighted by atomic mass is 9.79. The molecule has 2 rings (SSSR count). The van der Waals surface area contributed by atoms with E-state index in [1.165, 1.54) is 0 Å². The lowest BCUT2D eigenvalue weighted by Gasteiger charge is -2.53. The van der Waals surface area contributed by atoms with Crippen molar-refractivity contribution in [2.24, 2.45) is 5.41 Å². The molecular weight excluding hydrogens is 300 g/mol. The maximum absolute atomic E-state index is 10.3. The molecule has 0 bridgehead atoms. The van der Waals surface area contributed by atoms with E-state index in [-0.39, 0.29) is 0 Å². The molecule has 0 aliphatic carbocycles. The van der Waals surface area contributed by atoms with Gasteiger partial charge in [-0.2, -0.15) is 0 Å². The summed E-state index contributed by atoms with van der Waals surface area (Å²) in [5, 5.41) is 39.2. The van der Waals surface area contributed by atoms with Crippen molar-refractivity contribution in [2.45, 2.75) is 51.0 Å². The molecule has 1 unspecified atom stereocenters. The third-order valence-corrected chi connectivity index (χ3v) is 4.22. The van der Waals surface area contributed by atoms with Crippen LogP contribution in [0.3, 0.4) is 0 Å². The van der Waals surface area contributed by atoms with Gasteiger partial charge in [0, 0.05) is 11.0 Å². The lowest BCUT2D eigenvalue weighted by molar-refractivity contribution is -0.403. The summed E-state index contributed by atoms with van der Waals surface area (Å²) in [6.45, 7) is 4.75. The lowest BCUT2D eigenvalue weighted by Crippen LogP contribution is -2.63. The van der Waals surface area contributed by atoms with Crippen LogP contribution in [0.15, 0.2) is 30.3 Å². The van der Waals surface area contributed by atoms with E-state index in [4.69, 9.17) is 9.47 Å². The summed E-state index contributed by atoms with van der Waals surface area (Å²) in [6, 6.07) is 9.21. The molecule has 23 heavy (non-hydrogen) atoms. The molecule has 1 aromatic rings. The van der Waals surface area contributed by atoms with Crippen molar-refractivity contribution in [2.75, 3.05) is 13.2 Å². The molecule has 1 saturated heterocycles. The average Bonchev–Trinajstić information content (AvgIpc) is 2.54. The highest BCUT2D eigenvalue weighted by Crippen LogP contribution is 2.48. The Bertz CT molecular complexity index is 500. The molecule has 1 aliphatic rings. The number of hydrogen-bond donors (Lipinski definition) is 4. The predicted octanol–water partition coefficient (Wildman–Crippen LogP) is 0.376. The SMILES string of the molecule is CC(C)(C)C1(c2ccccc2)O[C@H]([C@H](O)CO)[C@H](O)[C@H](CO)O1. The topological polar surface area (TPSA) is 99.4 Å². The molecule has 4 N–H and O–H groups in total. The van der Waals surface area contributed by atoms with Crippen LogP contribution in [0.2, 0.25) is 0 Å². The molecule has 130 valence electrons. The Morgan fingerprint density at radius 2 is 1.74 bits per heavy atom. The molecule has 0 spiro atoms. The first-order valence-corrected chi connectivity index (χ1v) is 7.76. The molecule has 6 nitrogen and oxygen atoms in total. The molecule has 6 heteroatoms. The van der Waals surface area contributed by atoms with Crippen LogP contribution < -0.4 is 0 Å². The molecule has 0 aromatic heterocycles. The summed E-state index contributed by atoms with van der Waals surface area (Å²) in [7, 11) is 0. The van der Waals surface area contributed by atoms with Gasteiger partial charge >= 0.3 is 0 Å². The molecule has 0 saturated carbocycles. The number of aliphatic hydroxyl groups excluding tert-OH is 4. The molecule has 0 amide bonds. The van der Waals surface area contributed by atoms with E-state index < -0.39 is 48.8 Å². The monoisotopic (exact) mass is 326 g/mol. The second-order valence-electron chi connectivity index (χ2n) is 6.89. The van der Waals surface area contributed by atoms with Gasteiger partial charge in [0.15, 0.2) is 0 Å². The van der Waals surface area contributed by atoms with Gasteiger partial charge in [0.1, 0.15) is 24.4 Å². The van der Waals surface area contributed by atoms with Crippen molar-refractivity contribution < 1.29 is 29.9 Å². The zero-order valence-corrected chi connectivity index (χ0v) is 13.7. The Morgan fingerprint density at radius 1 is 1.13 bits per heavy atom. The van der Waals surface area contributed by atoms with Gasteiger partial charge in [0.2, 0.25) is 5.79 Å². The van der Waals surface area contributed by atoms with Crippen LogP contribution in [0.4, 0.5) is 0 Å². The zero-order chi connectivity index (χ0) is 17.3. The second kappa shape index (κ2) is 6.84. The van der Waals surface area contributed by atoms with Gasteiger partial charge in [-0.15, -0.1) is 0 Å². The van der Waals surface area contributed by atoms with Gasteiger partial charge in [0.05, 0.1) is 13.2 Å². The number of ether oxygens (including phenoxy) is 2.